The van der Waals surface area contributed by atoms with Crippen LogP contribution >= 0.6 is 11.6 Å². The van der Waals surface area contributed by atoms with Crippen molar-refractivity contribution in [2.24, 2.45) is 0 Å². The van der Waals surface area contributed by atoms with Crippen LogP contribution in [-0.2, 0) is 0 Å². The summed E-state index contributed by atoms with van der Waals surface area (Å²) in [6.07, 6.45) is 6.36. The molecule has 1 aromatic heterocycles. The van der Waals surface area contributed by atoms with Crippen LogP contribution in [0.15, 0.2) is 6.20 Å². The standard InChI is InChI=1S/C12H14ClN3O/c13-12-14-8-9(4-3-7-17)11(16-12)15-10-5-1-2-6-10/h8,10,17H,1-2,5-7H2,(H,14,15,16). The number of anilines is 1. The van der Waals surface area contributed by atoms with Crippen molar-refractivity contribution in [3.63, 3.8) is 0 Å². The fourth-order valence-corrected chi connectivity index (χ4v) is 2.09. The zero-order chi connectivity index (χ0) is 12.1. The second-order valence-corrected chi connectivity index (χ2v) is 4.32. The van der Waals surface area contributed by atoms with Crippen LogP contribution in [0.3, 0.4) is 0 Å². The van der Waals surface area contributed by atoms with Crippen LogP contribution in [0.5, 0.6) is 0 Å². The van der Waals surface area contributed by atoms with Gasteiger partial charge >= 0.3 is 0 Å². The fourth-order valence-electron chi connectivity index (χ4n) is 1.96. The van der Waals surface area contributed by atoms with Crippen LogP contribution in [0.25, 0.3) is 0 Å². The first kappa shape index (κ1) is 12.2. The monoisotopic (exact) mass is 251 g/mol. The van der Waals surface area contributed by atoms with Gasteiger partial charge in [-0.15, -0.1) is 0 Å². The molecule has 4 nitrogen and oxygen atoms in total. The third-order valence-electron chi connectivity index (χ3n) is 2.76. The normalized spacial score (nSPS) is 15.4. The topological polar surface area (TPSA) is 58.0 Å². The molecule has 1 saturated carbocycles. The van der Waals surface area contributed by atoms with Crippen molar-refractivity contribution in [3.8, 4) is 11.8 Å². The van der Waals surface area contributed by atoms with Gasteiger partial charge in [0.2, 0.25) is 5.28 Å². The predicted molar refractivity (Wildman–Crippen MR) is 66.9 cm³/mol. The summed E-state index contributed by atoms with van der Waals surface area (Å²) in [7, 11) is 0. The minimum Gasteiger partial charge on any atom is -0.384 e. The molecule has 0 aromatic carbocycles. The van der Waals surface area contributed by atoms with Crippen LogP contribution < -0.4 is 5.32 Å². The number of aliphatic hydroxyl groups excluding tert-OH is 1. The molecule has 0 unspecified atom stereocenters. The maximum Gasteiger partial charge on any atom is 0.224 e. The summed E-state index contributed by atoms with van der Waals surface area (Å²) in [5.74, 6) is 6.07. The minimum atomic E-state index is -0.175. The van der Waals surface area contributed by atoms with E-state index in [4.69, 9.17) is 16.7 Å². The molecule has 1 aliphatic carbocycles. The summed E-state index contributed by atoms with van der Waals surface area (Å²) in [4.78, 5) is 8.05. The summed E-state index contributed by atoms with van der Waals surface area (Å²) in [5, 5.41) is 12.2. The van der Waals surface area contributed by atoms with Gasteiger partial charge in [-0.2, -0.15) is 4.98 Å². The number of rotatable bonds is 2. The highest BCUT2D eigenvalue weighted by molar-refractivity contribution is 6.28. The van der Waals surface area contributed by atoms with Gasteiger partial charge in [-0.25, -0.2) is 4.98 Å². The van der Waals surface area contributed by atoms with Crippen molar-refractivity contribution >= 4 is 17.4 Å². The quantitative estimate of drug-likeness (QED) is 0.622. The highest BCUT2D eigenvalue weighted by Crippen LogP contribution is 2.23. The molecular weight excluding hydrogens is 238 g/mol. The predicted octanol–water partition coefficient (Wildman–Crippen LogP) is 1.83. The Labute approximate surface area is 105 Å². The van der Waals surface area contributed by atoms with E-state index < -0.39 is 0 Å². The van der Waals surface area contributed by atoms with Crippen molar-refractivity contribution in [1.29, 1.82) is 0 Å². The molecule has 0 bridgehead atoms. The van der Waals surface area contributed by atoms with Crippen LogP contribution in [0.1, 0.15) is 31.2 Å². The number of nitrogens with zero attached hydrogens (tertiary/aromatic N) is 2. The number of hydrogen-bond acceptors (Lipinski definition) is 4. The SMILES string of the molecule is OCC#Cc1cnc(Cl)nc1NC1CCCC1. The average Bonchev–Trinajstić information content (AvgIpc) is 2.81. The van der Waals surface area contributed by atoms with Crippen LogP contribution in [-0.4, -0.2) is 27.7 Å². The summed E-state index contributed by atoms with van der Waals surface area (Å²) < 4.78 is 0. The molecule has 90 valence electrons. The molecule has 1 aromatic rings. The molecular formula is C12H14ClN3O. The molecule has 2 rings (SSSR count). The number of aliphatic hydroxyl groups is 1. The van der Waals surface area contributed by atoms with Crippen molar-refractivity contribution in [3.05, 3.63) is 17.0 Å². The van der Waals surface area contributed by atoms with E-state index in [0.717, 1.165) is 12.8 Å². The number of aromatic nitrogens is 2. The van der Waals surface area contributed by atoms with E-state index in [1.54, 1.807) is 6.20 Å². The van der Waals surface area contributed by atoms with E-state index in [9.17, 15) is 0 Å². The van der Waals surface area contributed by atoms with Gasteiger partial charge in [-0.3, -0.25) is 0 Å². The van der Waals surface area contributed by atoms with E-state index in [1.165, 1.54) is 12.8 Å². The second kappa shape index (κ2) is 5.85. The zero-order valence-corrected chi connectivity index (χ0v) is 10.2. The Morgan fingerprint density at radius 2 is 2.24 bits per heavy atom. The van der Waals surface area contributed by atoms with E-state index in [1.807, 2.05) is 0 Å². The lowest BCUT2D eigenvalue weighted by Crippen LogP contribution is -2.16. The van der Waals surface area contributed by atoms with Crippen molar-refractivity contribution in [2.45, 2.75) is 31.7 Å². The molecule has 1 aliphatic rings. The summed E-state index contributed by atoms with van der Waals surface area (Å²) in [6.45, 7) is -0.175. The van der Waals surface area contributed by atoms with Gasteiger partial charge in [-0.1, -0.05) is 24.7 Å². The number of halogens is 1. The lowest BCUT2D eigenvalue weighted by Gasteiger charge is -2.13. The van der Waals surface area contributed by atoms with Gasteiger partial charge in [0.15, 0.2) is 0 Å². The van der Waals surface area contributed by atoms with Crippen LogP contribution in [0.4, 0.5) is 5.82 Å². The molecule has 0 radical (unpaired) electrons. The molecule has 0 aliphatic heterocycles. The summed E-state index contributed by atoms with van der Waals surface area (Å²) >= 11 is 5.78. The largest absolute Gasteiger partial charge is 0.384 e. The Morgan fingerprint density at radius 1 is 1.47 bits per heavy atom. The molecule has 2 N–H and O–H groups in total. The molecule has 0 amide bonds. The number of hydrogen-bond donors (Lipinski definition) is 2. The first-order chi connectivity index (χ1) is 8.29. The minimum absolute atomic E-state index is 0.175. The van der Waals surface area contributed by atoms with E-state index in [-0.39, 0.29) is 11.9 Å². The molecule has 1 fully saturated rings. The van der Waals surface area contributed by atoms with Crippen LogP contribution in [0, 0.1) is 11.8 Å². The Kier molecular flexibility index (Phi) is 4.18. The Balaban J connectivity index is 2.19. The third kappa shape index (κ3) is 3.32. The van der Waals surface area contributed by atoms with Gasteiger partial charge in [-0.05, 0) is 24.4 Å². The fraction of sp³-hybridized carbons (Fsp3) is 0.500. The second-order valence-electron chi connectivity index (χ2n) is 3.99. The molecule has 0 saturated heterocycles. The van der Waals surface area contributed by atoms with Crippen molar-refractivity contribution < 1.29 is 5.11 Å². The highest BCUT2D eigenvalue weighted by Gasteiger charge is 2.16. The van der Waals surface area contributed by atoms with E-state index in [0.29, 0.717) is 17.4 Å². The summed E-state index contributed by atoms with van der Waals surface area (Å²) in [5.41, 5.74) is 0.676. The molecule has 5 heteroatoms. The molecule has 0 spiro atoms. The van der Waals surface area contributed by atoms with Gasteiger partial charge in [0, 0.05) is 12.2 Å². The number of nitrogens with one attached hydrogen (secondary N) is 1. The van der Waals surface area contributed by atoms with E-state index >= 15 is 0 Å². The van der Waals surface area contributed by atoms with Gasteiger partial charge in [0.1, 0.15) is 12.4 Å². The maximum absolute atomic E-state index is 8.70. The Bertz CT molecular complexity index is 447. The van der Waals surface area contributed by atoms with Crippen molar-refractivity contribution in [2.75, 3.05) is 11.9 Å². The first-order valence-corrected chi connectivity index (χ1v) is 6.06. The highest BCUT2D eigenvalue weighted by atomic mass is 35.5. The summed E-state index contributed by atoms with van der Waals surface area (Å²) in [6, 6.07) is 0.440. The smallest absolute Gasteiger partial charge is 0.224 e. The zero-order valence-electron chi connectivity index (χ0n) is 9.41. The van der Waals surface area contributed by atoms with Gasteiger partial charge < -0.3 is 10.4 Å². The van der Waals surface area contributed by atoms with Crippen LogP contribution in [0.2, 0.25) is 5.28 Å². The Hall–Kier alpha value is -1.31. The lowest BCUT2D eigenvalue weighted by molar-refractivity contribution is 0.350. The van der Waals surface area contributed by atoms with Crippen molar-refractivity contribution in [1.82, 2.24) is 9.97 Å². The maximum atomic E-state index is 8.70. The van der Waals surface area contributed by atoms with Gasteiger partial charge in [0.25, 0.3) is 0 Å². The Morgan fingerprint density at radius 3 is 2.94 bits per heavy atom. The average molecular weight is 252 g/mol. The molecule has 0 atom stereocenters. The first-order valence-electron chi connectivity index (χ1n) is 5.68. The van der Waals surface area contributed by atoms with E-state index in [2.05, 4.69) is 27.1 Å². The van der Waals surface area contributed by atoms with Gasteiger partial charge in [0.05, 0.1) is 5.56 Å². The lowest BCUT2D eigenvalue weighted by atomic mass is 10.2. The molecule has 17 heavy (non-hydrogen) atoms. The third-order valence-corrected chi connectivity index (χ3v) is 2.94. The molecule has 1 heterocycles.